The molecule has 0 fully saturated rings. The fraction of sp³-hybridized carbons (Fsp3) is 0.294. The lowest BCUT2D eigenvalue weighted by molar-refractivity contribution is -0.152. The van der Waals surface area contributed by atoms with Gasteiger partial charge in [-0.15, -0.1) is 0 Å². The number of hydrogen-bond acceptors (Lipinski definition) is 4. The fourth-order valence-electron chi connectivity index (χ4n) is 2.31. The Hall–Kier alpha value is -2.08. The highest BCUT2D eigenvalue weighted by atomic mass is 79.9. The van der Waals surface area contributed by atoms with Gasteiger partial charge < -0.3 is 14.1 Å². The second-order valence-electron chi connectivity index (χ2n) is 4.96. The number of rotatable bonds is 7. The number of ether oxygens (including phenoxy) is 1. The van der Waals surface area contributed by atoms with Gasteiger partial charge in [0.2, 0.25) is 5.91 Å². The molecular formula is C17H18BrNO4. The van der Waals surface area contributed by atoms with Crippen molar-refractivity contribution >= 4 is 27.8 Å². The van der Waals surface area contributed by atoms with Gasteiger partial charge in [0.15, 0.2) is 0 Å². The van der Waals surface area contributed by atoms with Gasteiger partial charge in [-0.2, -0.15) is 0 Å². The standard InChI is InChI=1S/C17H18BrNO4/c1-22-17(21)15(10-13-6-3-2-4-7-13)19(16(20)11-18)12-14-8-5-9-23-14/h2-9,15H,10-12H2,1H3/t15-/m1/s1. The van der Waals surface area contributed by atoms with Crippen LogP contribution in [0.15, 0.2) is 53.1 Å². The van der Waals surface area contributed by atoms with Crippen molar-refractivity contribution in [2.45, 2.75) is 19.0 Å². The largest absolute Gasteiger partial charge is 0.467 e. The molecule has 0 bridgehead atoms. The van der Waals surface area contributed by atoms with Crippen LogP contribution in [0.2, 0.25) is 0 Å². The zero-order valence-corrected chi connectivity index (χ0v) is 14.4. The van der Waals surface area contributed by atoms with E-state index in [4.69, 9.17) is 9.15 Å². The molecule has 122 valence electrons. The topological polar surface area (TPSA) is 59.8 Å². The average molecular weight is 380 g/mol. The van der Waals surface area contributed by atoms with E-state index in [9.17, 15) is 9.59 Å². The number of nitrogens with zero attached hydrogens (tertiary/aromatic N) is 1. The summed E-state index contributed by atoms with van der Waals surface area (Å²) >= 11 is 3.17. The predicted octanol–water partition coefficient (Wildman–Crippen LogP) is 2.79. The van der Waals surface area contributed by atoms with Gasteiger partial charge in [0.05, 0.1) is 25.2 Å². The Bertz CT molecular complexity index is 627. The van der Waals surface area contributed by atoms with Crippen molar-refractivity contribution in [1.82, 2.24) is 4.90 Å². The first kappa shape index (κ1) is 17.3. The first-order chi connectivity index (χ1) is 11.2. The summed E-state index contributed by atoms with van der Waals surface area (Å²) in [7, 11) is 1.32. The molecule has 23 heavy (non-hydrogen) atoms. The minimum absolute atomic E-state index is 0.121. The van der Waals surface area contributed by atoms with Crippen LogP contribution in [-0.4, -0.2) is 35.3 Å². The molecule has 0 N–H and O–H groups in total. The highest BCUT2D eigenvalue weighted by Crippen LogP contribution is 2.16. The van der Waals surface area contributed by atoms with Crippen LogP contribution in [0.3, 0.4) is 0 Å². The second-order valence-corrected chi connectivity index (χ2v) is 5.52. The highest BCUT2D eigenvalue weighted by Gasteiger charge is 2.31. The zero-order valence-electron chi connectivity index (χ0n) is 12.8. The van der Waals surface area contributed by atoms with Gasteiger partial charge in [-0.05, 0) is 17.7 Å². The van der Waals surface area contributed by atoms with Gasteiger partial charge >= 0.3 is 5.97 Å². The third-order valence-electron chi connectivity index (χ3n) is 3.46. The molecule has 0 spiro atoms. The number of carbonyl (C=O) groups is 2. The number of alkyl halides is 1. The third-order valence-corrected chi connectivity index (χ3v) is 3.94. The number of halogens is 1. The molecule has 1 aromatic heterocycles. The number of hydrogen-bond donors (Lipinski definition) is 0. The van der Waals surface area contributed by atoms with E-state index in [0.717, 1.165) is 5.56 Å². The van der Waals surface area contributed by atoms with Crippen LogP contribution in [0.1, 0.15) is 11.3 Å². The lowest BCUT2D eigenvalue weighted by Gasteiger charge is -2.29. The van der Waals surface area contributed by atoms with Gasteiger partial charge in [-0.1, -0.05) is 46.3 Å². The molecular weight excluding hydrogens is 362 g/mol. The molecule has 2 rings (SSSR count). The summed E-state index contributed by atoms with van der Waals surface area (Å²) in [6.07, 6.45) is 1.92. The summed E-state index contributed by atoms with van der Waals surface area (Å²) < 4.78 is 10.2. The second kappa shape index (κ2) is 8.53. The highest BCUT2D eigenvalue weighted by molar-refractivity contribution is 9.09. The van der Waals surface area contributed by atoms with Gasteiger partial charge in [0.25, 0.3) is 0 Å². The molecule has 6 heteroatoms. The maximum absolute atomic E-state index is 12.3. The molecule has 0 aliphatic heterocycles. The smallest absolute Gasteiger partial charge is 0.328 e. The van der Waals surface area contributed by atoms with Crippen molar-refractivity contribution in [2.24, 2.45) is 0 Å². The Morgan fingerprint density at radius 3 is 2.52 bits per heavy atom. The lowest BCUT2D eigenvalue weighted by Crippen LogP contribution is -2.47. The van der Waals surface area contributed by atoms with E-state index in [0.29, 0.717) is 12.2 Å². The Balaban J connectivity index is 2.27. The number of esters is 1. The lowest BCUT2D eigenvalue weighted by atomic mass is 10.0. The molecule has 0 saturated heterocycles. The van der Waals surface area contributed by atoms with Crippen LogP contribution < -0.4 is 0 Å². The Morgan fingerprint density at radius 1 is 1.22 bits per heavy atom. The van der Waals surface area contributed by atoms with Crippen LogP contribution in [0.5, 0.6) is 0 Å². The number of methoxy groups -OCH3 is 1. The first-order valence-corrected chi connectivity index (χ1v) is 8.27. The van der Waals surface area contributed by atoms with Gasteiger partial charge in [0, 0.05) is 6.42 Å². The van der Waals surface area contributed by atoms with Crippen LogP contribution in [0.25, 0.3) is 0 Å². The van der Waals surface area contributed by atoms with Gasteiger partial charge in [-0.3, -0.25) is 4.79 Å². The van der Waals surface area contributed by atoms with E-state index < -0.39 is 12.0 Å². The quantitative estimate of drug-likeness (QED) is 0.548. The van der Waals surface area contributed by atoms with Gasteiger partial charge in [0.1, 0.15) is 11.8 Å². The fourth-order valence-corrected chi connectivity index (χ4v) is 2.64. The molecule has 1 heterocycles. The molecule has 1 atom stereocenters. The van der Waals surface area contributed by atoms with Gasteiger partial charge in [-0.25, -0.2) is 4.79 Å². The Labute approximate surface area is 143 Å². The molecule has 0 aliphatic rings. The number of carbonyl (C=O) groups excluding carboxylic acids is 2. The van der Waals surface area contributed by atoms with E-state index in [1.165, 1.54) is 18.3 Å². The molecule has 2 aromatic rings. The average Bonchev–Trinajstić information content (AvgIpc) is 3.10. The molecule has 1 aromatic carbocycles. The molecule has 1 amide bonds. The number of amides is 1. The summed E-state index contributed by atoms with van der Waals surface area (Å²) in [6.45, 7) is 0.212. The minimum atomic E-state index is -0.711. The number of benzene rings is 1. The van der Waals surface area contributed by atoms with E-state index in [-0.39, 0.29) is 17.8 Å². The van der Waals surface area contributed by atoms with Crippen molar-refractivity contribution in [3.8, 4) is 0 Å². The maximum atomic E-state index is 12.3. The van der Waals surface area contributed by atoms with Crippen LogP contribution >= 0.6 is 15.9 Å². The third kappa shape index (κ3) is 4.69. The van der Waals surface area contributed by atoms with Crippen molar-refractivity contribution in [1.29, 1.82) is 0 Å². The molecule has 0 radical (unpaired) electrons. The molecule has 0 unspecified atom stereocenters. The van der Waals surface area contributed by atoms with Crippen LogP contribution in [0.4, 0.5) is 0 Å². The maximum Gasteiger partial charge on any atom is 0.328 e. The van der Waals surface area contributed by atoms with Crippen molar-refractivity contribution in [3.63, 3.8) is 0 Å². The molecule has 0 saturated carbocycles. The Kier molecular flexibility index (Phi) is 6.40. The SMILES string of the molecule is COC(=O)[C@@H](Cc1ccccc1)N(Cc1ccco1)C(=O)CBr. The monoisotopic (exact) mass is 379 g/mol. The van der Waals surface area contributed by atoms with E-state index in [1.54, 1.807) is 12.1 Å². The number of furan rings is 1. The Morgan fingerprint density at radius 2 is 1.96 bits per heavy atom. The summed E-state index contributed by atoms with van der Waals surface area (Å²) in [5, 5.41) is 0.121. The summed E-state index contributed by atoms with van der Waals surface area (Å²) in [4.78, 5) is 26.0. The van der Waals surface area contributed by atoms with Crippen molar-refractivity contribution in [2.75, 3.05) is 12.4 Å². The van der Waals surface area contributed by atoms with Crippen LogP contribution in [0, 0.1) is 0 Å². The molecule has 5 nitrogen and oxygen atoms in total. The zero-order chi connectivity index (χ0) is 16.7. The van der Waals surface area contributed by atoms with E-state index in [1.807, 2.05) is 30.3 Å². The van der Waals surface area contributed by atoms with E-state index >= 15 is 0 Å². The summed E-state index contributed by atoms with van der Waals surface area (Å²) in [6, 6.07) is 12.3. The summed E-state index contributed by atoms with van der Waals surface area (Å²) in [5.41, 5.74) is 0.953. The molecule has 0 aliphatic carbocycles. The van der Waals surface area contributed by atoms with Crippen molar-refractivity contribution in [3.05, 3.63) is 60.1 Å². The van der Waals surface area contributed by atoms with Crippen molar-refractivity contribution < 1.29 is 18.7 Å². The minimum Gasteiger partial charge on any atom is -0.467 e. The normalized spacial score (nSPS) is 11.7. The van der Waals surface area contributed by atoms with E-state index in [2.05, 4.69) is 15.9 Å². The predicted molar refractivity (Wildman–Crippen MR) is 89.0 cm³/mol. The first-order valence-electron chi connectivity index (χ1n) is 7.15. The summed E-state index contributed by atoms with van der Waals surface area (Å²) in [5.74, 6) is -0.0382. The van der Waals surface area contributed by atoms with Crippen LogP contribution in [-0.2, 0) is 27.3 Å².